The molecule has 0 spiro atoms. The predicted octanol–water partition coefficient (Wildman–Crippen LogP) is 1.79. The number of hydrogen-bond donors (Lipinski definition) is 1. The molecular formula is C14H13NO4. The molecule has 0 aromatic heterocycles. The zero-order valence-corrected chi connectivity index (χ0v) is 10.4. The first kappa shape index (κ1) is 13.0. The van der Waals surface area contributed by atoms with Crippen molar-refractivity contribution in [2.24, 2.45) is 0 Å². The zero-order valence-electron chi connectivity index (χ0n) is 10.4. The summed E-state index contributed by atoms with van der Waals surface area (Å²) >= 11 is 0. The van der Waals surface area contributed by atoms with Crippen LogP contribution in [0.1, 0.15) is 29.3 Å². The molecule has 1 aliphatic rings. The summed E-state index contributed by atoms with van der Waals surface area (Å²) in [4.78, 5) is 33.7. The Morgan fingerprint density at radius 1 is 1.37 bits per heavy atom. The second kappa shape index (κ2) is 5.48. The van der Waals surface area contributed by atoms with E-state index in [1.165, 1.54) is 0 Å². The molecule has 5 heteroatoms. The highest BCUT2D eigenvalue weighted by Gasteiger charge is 2.27. The summed E-state index contributed by atoms with van der Waals surface area (Å²) in [5, 5.41) is 2.49. The third kappa shape index (κ3) is 2.88. The normalized spacial score (nSPS) is 13.5. The van der Waals surface area contributed by atoms with Crippen LogP contribution in [0.3, 0.4) is 0 Å². The van der Waals surface area contributed by atoms with E-state index in [1.807, 2.05) is 0 Å². The van der Waals surface area contributed by atoms with Crippen LogP contribution < -0.4 is 5.32 Å². The number of ether oxygens (including phenoxy) is 1. The first-order valence-corrected chi connectivity index (χ1v) is 5.93. The van der Waals surface area contributed by atoms with Crippen molar-refractivity contribution in [2.75, 3.05) is 11.9 Å². The van der Waals surface area contributed by atoms with E-state index in [2.05, 4.69) is 5.32 Å². The number of nitrogens with one attached hydrogen (secondary N) is 1. The second-order valence-electron chi connectivity index (χ2n) is 4.00. The van der Waals surface area contributed by atoms with Gasteiger partial charge in [-0.15, -0.1) is 0 Å². The maximum absolute atomic E-state index is 11.4. The van der Waals surface area contributed by atoms with E-state index in [1.54, 1.807) is 37.3 Å². The molecule has 1 N–H and O–H groups in total. The summed E-state index contributed by atoms with van der Waals surface area (Å²) < 4.78 is 4.79. The Hall–Kier alpha value is -2.43. The number of ketones is 1. The van der Waals surface area contributed by atoms with Gasteiger partial charge in [0.1, 0.15) is 0 Å². The monoisotopic (exact) mass is 259 g/mol. The van der Waals surface area contributed by atoms with E-state index < -0.39 is 11.7 Å². The van der Waals surface area contributed by atoms with Gasteiger partial charge >= 0.3 is 5.97 Å². The topological polar surface area (TPSA) is 72.5 Å². The van der Waals surface area contributed by atoms with E-state index >= 15 is 0 Å². The first-order chi connectivity index (χ1) is 9.11. The van der Waals surface area contributed by atoms with Gasteiger partial charge in [-0.3, -0.25) is 14.4 Å². The highest BCUT2D eigenvalue weighted by molar-refractivity contribution is 6.51. The Morgan fingerprint density at radius 2 is 2.16 bits per heavy atom. The molecule has 1 amide bonds. The van der Waals surface area contributed by atoms with Gasteiger partial charge < -0.3 is 10.1 Å². The van der Waals surface area contributed by atoms with Crippen LogP contribution in [-0.4, -0.2) is 24.3 Å². The second-order valence-corrected chi connectivity index (χ2v) is 4.00. The molecule has 5 nitrogen and oxygen atoms in total. The fourth-order valence-electron chi connectivity index (χ4n) is 1.78. The average molecular weight is 259 g/mol. The number of amides is 1. The average Bonchev–Trinajstić information content (AvgIpc) is 2.65. The molecule has 0 bridgehead atoms. The standard InChI is InChI=1S/C14H13NO4/c1-2-19-12(16)5-3-4-9-6-7-10-11(8-9)15-14(18)13(10)17/h3-4,6-8H,2,5H2,1H3,(H,15,17,18). The van der Waals surface area contributed by atoms with Crippen LogP contribution in [-0.2, 0) is 14.3 Å². The third-order valence-corrected chi connectivity index (χ3v) is 2.64. The lowest BCUT2D eigenvalue weighted by molar-refractivity contribution is -0.142. The quantitative estimate of drug-likeness (QED) is 0.661. The Labute approximate surface area is 110 Å². The Bertz CT molecular complexity index is 575. The number of esters is 1. The van der Waals surface area contributed by atoms with Crippen molar-refractivity contribution in [3.05, 3.63) is 35.4 Å². The van der Waals surface area contributed by atoms with Gasteiger partial charge in [-0.05, 0) is 24.6 Å². The van der Waals surface area contributed by atoms with Crippen LogP contribution in [0.25, 0.3) is 6.08 Å². The fraction of sp³-hybridized carbons (Fsp3) is 0.214. The molecule has 0 unspecified atom stereocenters. The molecule has 0 fully saturated rings. The van der Waals surface area contributed by atoms with Crippen molar-refractivity contribution in [2.45, 2.75) is 13.3 Å². The molecule has 0 aliphatic carbocycles. The van der Waals surface area contributed by atoms with Gasteiger partial charge in [-0.2, -0.15) is 0 Å². The van der Waals surface area contributed by atoms with E-state index in [0.29, 0.717) is 17.9 Å². The summed E-state index contributed by atoms with van der Waals surface area (Å²) in [5.74, 6) is -1.41. The molecule has 0 radical (unpaired) electrons. The minimum Gasteiger partial charge on any atom is -0.466 e. The number of fused-ring (bicyclic) bond motifs is 1. The zero-order chi connectivity index (χ0) is 13.8. The molecule has 98 valence electrons. The molecule has 1 aliphatic heterocycles. The molecule has 2 rings (SSSR count). The summed E-state index contributed by atoms with van der Waals surface area (Å²) in [7, 11) is 0. The SMILES string of the molecule is CCOC(=O)CC=Cc1ccc2c(c1)NC(=O)C2=O. The number of carbonyl (C=O) groups excluding carboxylic acids is 3. The summed E-state index contributed by atoms with van der Waals surface area (Å²) in [6.07, 6.45) is 3.61. The minimum atomic E-state index is -0.609. The van der Waals surface area contributed by atoms with Crippen LogP contribution in [0, 0.1) is 0 Å². The minimum absolute atomic E-state index is 0.191. The van der Waals surface area contributed by atoms with Crippen molar-refractivity contribution >= 4 is 29.4 Å². The van der Waals surface area contributed by atoms with E-state index in [9.17, 15) is 14.4 Å². The van der Waals surface area contributed by atoms with Crippen molar-refractivity contribution in [1.82, 2.24) is 0 Å². The lowest BCUT2D eigenvalue weighted by Gasteiger charge is -1.99. The molecule has 19 heavy (non-hydrogen) atoms. The first-order valence-electron chi connectivity index (χ1n) is 5.93. The Kier molecular flexibility index (Phi) is 3.75. The number of benzene rings is 1. The van der Waals surface area contributed by atoms with Crippen LogP contribution >= 0.6 is 0 Å². The van der Waals surface area contributed by atoms with Crippen LogP contribution in [0.15, 0.2) is 24.3 Å². The number of carbonyl (C=O) groups is 3. The van der Waals surface area contributed by atoms with Crippen molar-refractivity contribution in [1.29, 1.82) is 0 Å². The van der Waals surface area contributed by atoms with Gasteiger partial charge in [0, 0.05) is 0 Å². The number of hydrogen-bond acceptors (Lipinski definition) is 4. The van der Waals surface area contributed by atoms with E-state index in [4.69, 9.17) is 4.74 Å². The summed E-state index contributed by atoms with van der Waals surface area (Å²) in [6.45, 7) is 2.11. The molecule has 0 saturated heterocycles. The lowest BCUT2D eigenvalue weighted by atomic mass is 10.1. The van der Waals surface area contributed by atoms with Gasteiger partial charge in [-0.25, -0.2) is 0 Å². The predicted molar refractivity (Wildman–Crippen MR) is 69.7 cm³/mol. The lowest BCUT2D eigenvalue weighted by Crippen LogP contribution is -2.12. The van der Waals surface area contributed by atoms with Crippen molar-refractivity contribution in [3.8, 4) is 0 Å². The van der Waals surface area contributed by atoms with Crippen LogP contribution in [0.5, 0.6) is 0 Å². The van der Waals surface area contributed by atoms with Crippen molar-refractivity contribution < 1.29 is 19.1 Å². The maximum atomic E-state index is 11.4. The van der Waals surface area contributed by atoms with Gasteiger partial charge in [0.25, 0.3) is 11.7 Å². The van der Waals surface area contributed by atoms with E-state index in [-0.39, 0.29) is 12.4 Å². The molecule has 0 atom stereocenters. The molecule has 1 aromatic rings. The number of rotatable bonds is 4. The van der Waals surface area contributed by atoms with Gasteiger partial charge in [0.2, 0.25) is 0 Å². The smallest absolute Gasteiger partial charge is 0.309 e. The molecule has 0 saturated carbocycles. The van der Waals surface area contributed by atoms with Crippen LogP contribution in [0.2, 0.25) is 0 Å². The van der Waals surface area contributed by atoms with Crippen LogP contribution in [0.4, 0.5) is 5.69 Å². The number of anilines is 1. The fourth-order valence-corrected chi connectivity index (χ4v) is 1.78. The van der Waals surface area contributed by atoms with Gasteiger partial charge in [-0.1, -0.05) is 18.2 Å². The van der Waals surface area contributed by atoms with E-state index in [0.717, 1.165) is 5.56 Å². The molecule has 1 aromatic carbocycles. The highest BCUT2D eigenvalue weighted by atomic mass is 16.5. The summed E-state index contributed by atoms with van der Waals surface area (Å²) in [5.41, 5.74) is 1.69. The summed E-state index contributed by atoms with van der Waals surface area (Å²) in [6, 6.07) is 5.01. The maximum Gasteiger partial charge on any atom is 0.309 e. The Morgan fingerprint density at radius 3 is 2.89 bits per heavy atom. The van der Waals surface area contributed by atoms with Gasteiger partial charge in [0.05, 0.1) is 24.3 Å². The highest BCUT2D eigenvalue weighted by Crippen LogP contribution is 2.24. The van der Waals surface area contributed by atoms with Gasteiger partial charge in [0.15, 0.2) is 0 Å². The largest absolute Gasteiger partial charge is 0.466 e. The van der Waals surface area contributed by atoms with Crippen molar-refractivity contribution in [3.63, 3.8) is 0 Å². The number of Topliss-reactive ketones (excluding diaryl/α,β-unsaturated/α-hetero) is 1. The Balaban J connectivity index is 2.06. The molecular weight excluding hydrogens is 246 g/mol. The third-order valence-electron chi connectivity index (χ3n) is 2.64. The molecule has 1 heterocycles.